The van der Waals surface area contributed by atoms with Gasteiger partial charge in [0.05, 0.1) is 12.1 Å². The lowest BCUT2D eigenvalue weighted by atomic mass is 10.1. The molecule has 158 valence electrons. The first kappa shape index (κ1) is 21.9. The standard InChI is InChI=1S/C23H28N4O2S/c1-16-10-17(2)21-19(11-16)12-20(22(28)26-21)15-27(14-18-6-4-7-24-13-18)23(30)25-8-5-9-29-3/h4,6-7,10-13H,5,8-9,14-15H2,1-3H3,(H,25,30)(H,26,28). The predicted molar refractivity (Wildman–Crippen MR) is 125 cm³/mol. The molecule has 0 aliphatic carbocycles. The van der Waals surface area contributed by atoms with E-state index in [1.807, 2.05) is 36.2 Å². The number of hydrogen-bond acceptors (Lipinski definition) is 4. The maximum atomic E-state index is 12.8. The van der Waals surface area contributed by atoms with E-state index < -0.39 is 0 Å². The van der Waals surface area contributed by atoms with Gasteiger partial charge >= 0.3 is 0 Å². The molecular weight excluding hydrogens is 396 g/mol. The van der Waals surface area contributed by atoms with Crippen molar-refractivity contribution in [1.82, 2.24) is 20.2 Å². The van der Waals surface area contributed by atoms with Crippen LogP contribution in [0.2, 0.25) is 0 Å². The number of methoxy groups -OCH3 is 1. The molecule has 0 saturated heterocycles. The Bertz CT molecular complexity index is 1070. The van der Waals surface area contributed by atoms with E-state index in [1.165, 1.54) is 5.56 Å². The molecule has 0 aliphatic rings. The van der Waals surface area contributed by atoms with Crippen LogP contribution < -0.4 is 10.9 Å². The number of thiocarbonyl (C=S) groups is 1. The Kier molecular flexibility index (Phi) is 7.54. The van der Waals surface area contributed by atoms with Gasteiger partial charge in [0.2, 0.25) is 0 Å². The number of aromatic amines is 1. The van der Waals surface area contributed by atoms with Gasteiger partial charge in [-0.1, -0.05) is 17.7 Å². The number of ether oxygens (including phenoxy) is 1. The number of fused-ring (bicyclic) bond motifs is 1. The van der Waals surface area contributed by atoms with Crippen molar-refractivity contribution in [2.75, 3.05) is 20.3 Å². The van der Waals surface area contributed by atoms with E-state index >= 15 is 0 Å². The molecule has 6 nitrogen and oxygen atoms in total. The number of H-pyrrole nitrogens is 1. The second-order valence-corrected chi connectivity index (χ2v) is 7.85. The molecule has 0 fully saturated rings. The van der Waals surface area contributed by atoms with Gasteiger partial charge in [0, 0.05) is 44.8 Å². The predicted octanol–water partition coefficient (Wildman–Crippen LogP) is 3.45. The molecule has 0 bridgehead atoms. The maximum absolute atomic E-state index is 12.8. The van der Waals surface area contributed by atoms with Crippen LogP contribution in [0.1, 0.15) is 28.7 Å². The smallest absolute Gasteiger partial charge is 0.253 e. The van der Waals surface area contributed by atoms with Gasteiger partial charge in [0.25, 0.3) is 5.56 Å². The van der Waals surface area contributed by atoms with Crippen LogP contribution in [0, 0.1) is 13.8 Å². The minimum atomic E-state index is -0.0900. The summed E-state index contributed by atoms with van der Waals surface area (Å²) in [5.74, 6) is 0. The molecule has 0 amide bonds. The third-order valence-electron chi connectivity index (χ3n) is 4.92. The van der Waals surface area contributed by atoms with Crippen molar-refractivity contribution in [3.8, 4) is 0 Å². The number of nitrogens with zero attached hydrogens (tertiary/aromatic N) is 2. The fraction of sp³-hybridized carbons (Fsp3) is 0.348. The SMILES string of the molecule is COCCCNC(=S)N(Cc1cccnc1)Cc1cc2cc(C)cc(C)c2[nH]c1=O. The zero-order valence-corrected chi connectivity index (χ0v) is 18.5. The average Bonchev–Trinajstić information content (AvgIpc) is 2.72. The maximum Gasteiger partial charge on any atom is 0.253 e. The van der Waals surface area contributed by atoms with Gasteiger partial charge in [-0.2, -0.15) is 0 Å². The molecular formula is C23H28N4O2S. The van der Waals surface area contributed by atoms with Crippen LogP contribution in [-0.2, 0) is 17.8 Å². The molecule has 1 aromatic carbocycles. The molecule has 2 heterocycles. The Labute approximate surface area is 182 Å². The number of aromatic nitrogens is 2. The lowest BCUT2D eigenvalue weighted by Crippen LogP contribution is -2.40. The van der Waals surface area contributed by atoms with Crippen molar-refractivity contribution in [2.24, 2.45) is 0 Å². The fourth-order valence-corrected chi connectivity index (χ4v) is 3.72. The van der Waals surface area contributed by atoms with Crippen molar-refractivity contribution >= 4 is 28.2 Å². The van der Waals surface area contributed by atoms with Gasteiger partial charge in [-0.05, 0) is 67.2 Å². The summed E-state index contributed by atoms with van der Waals surface area (Å²) < 4.78 is 5.10. The number of pyridine rings is 2. The van der Waals surface area contributed by atoms with E-state index in [2.05, 4.69) is 34.3 Å². The van der Waals surface area contributed by atoms with E-state index in [9.17, 15) is 4.79 Å². The van der Waals surface area contributed by atoms with E-state index in [0.717, 1.165) is 28.5 Å². The van der Waals surface area contributed by atoms with Crippen molar-refractivity contribution in [1.29, 1.82) is 0 Å². The molecule has 0 saturated carbocycles. The summed E-state index contributed by atoms with van der Waals surface area (Å²) in [6.07, 6.45) is 4.41. The number of aryl methyl sites for hydroxylation is 2. The van der Waals surface area contributed by atoms with Crippen molar-refractivity contribution in [2.45, 2.75) is 33.4 Å². The highest BCUT2D eigenvalue weighted by Gasteiger charge is 2.14. The molecule has 0 aliphatic heterocycles. The van der Waals surface area contributed by atoms with Crippen molar-refractivity contribution in [3.05, 3.63) is 75.3 Å². The Morgan fingerprint density at radius 3 is 2.83 bits per heavy atom. The molecule has 2 aromatic heterocycles. The monoisotopic (exact) mass is 424 g/mol. The summed E-state index contributed by atoms with van der Waals surface area (Å²) in [5, 5.41) is 4.91. The lowest BCUT2D eigenvalue weighted by molar-refractivity contribution is 0.195. The van der Waals surface area contributed by atoms with E-state index in [4.69, 9.17) is 17.0 Å². The van der Waals surface area contributed by atoms with Crippen LogP contribution in [0.4, 0.5) is 0 Å². The molecule has 0 atom stereocenters. The number of hydrogen-bond donors (Lipinski definition) is 2. The minimum absolute atomic E-state index is 0.0900. The highest BCUT2D eigenvalue weighted by molar-refractivity contribution is 7.80. The molecule has 3 rings (SSSR count). The van der Waals surface area contributed by atoms with E-state index in [-0.39, 0.29) is 5.56 Å². The first-order valence-corrected chi connectivity index (χ1v) is 10.4. The first-order chi connectivity index (χ1) is 14.5. The molecule has 0 spiro atoms. The highest BCUT2D eigenvalue weighted by Crippen LogP contribution is 2.19. The summed E-state index contributed by atoms with van der Waals surface area (Å²) in [6.45, 7) is 6.42. The molecule has 7 heteroatoms. The van der Waals surface area contributed by atoms with Gasteiger partial charge in [-0.25, -0.2) is 0 Å². The van der Waals surface area contributed by atoms with Crippen LogP contribution in [0.25, 0.3) is 10.9 Å². The zero-order valence-electron chi connectivity index (χ0n) is 17.7. The fourth-order valence-electron chi connectivity index (χ4n) is 3.49. The summed E-state index contributed by atoms with van der Waals surface area (Å²) in [6, 6.07) is 10.0. The number of rotatable bonds is 8. The largest absolute Gasteiger partial charge is 0.385 e. The van der Waals surface area contributed by atoms with Gasteiger partial charge in [0.15, 0.2) is 5.11 Å². The molecule has 2 N–H and O–H groups in total. The summed E-state index contributed by atoms with van der Waals surface area (Å²) in [7, 11) is 1.68. The number of nitrogens with one attached hydrogen (secondary N) is 2. The molecule has 0 unspecified atom stereocenters. The van der Waals surface area contributed by atoms with Crippen molar-refractivity contribution in [3.63, 3.8) is 0 Å². The molecule has 3 aromatic rings. The summed E-state index contributed by atoms with van der Waals surface area (Å²) in [4.78, 5) is 22.0. The topological polar surface area (TPSA) is 70.2 Å². The second-order valence-electron chi connectivity index (χ2n) is 7.47. The lowest BCUT2D eigenvalue weighted by Gasteiger charge is -2.26. The zero-order chi connectivity index (χ0) is 21.5. The summed E-state index contributed by atoms with van der Waals surface area (Å²) >= 11 is 5.65. The third kappa shape index (κ3) is 5.64. The van der Waals surface area contributed by atoms with Crippen molar-refractivity contribution < 1.29 is 4.74 Å². The van der Waals surface area contributed by atoms with Crippen LogP contribution in [0.3, 0.4) is 0 Å². The van der Waals surface area contributed by atoms with Gasteiger partial charge < -0.3 is 19.9 Å². The third-order valence-corrected chi connectivity index (χ3v) is 5.32. The second kappa shape index (κ2) is 10.3. The Balaban J connectivity index is 1.87. The van der Waals surface area contributed by atoms with E-state index in [1.54, 1.807) is 13.3 Å². The van der Waals surface area contributed by atoms with Crippen LogP contribution in [0.5, 0.6) is 0 Å². The van der Waals surface area contributed by atoms with Crippen LogP contribution >= 0.6 is 12.2 Å². The summed E-state index contributed by atoms with van der Waals surface area (Å²) in [5.41, 5.74) is 4.73. The Morgan fingerprint density at radius 1 is 1.27 bits per heavy atom. The molecule has 30 heavy (non-hydrogen) atoms. The van der Waals surface area contributed by atoms with E-state index in [0.29, 0.717) is 36.9 Å². The quantitative estimate of drug-likeness (QED) is 0.426. The number of benzene rings is 1. The van der Waals surface area contributed by atoms with Crippen LogP contribution in [0.15, 0.2) is 47.5 Å². The van der Waals surface area contributed by atoms with Gasteiger partial charge in [0.1, 0.15) is 0 Å². The van der Waals surface area contributed by atoms with Gasteiger partial charge in [-0.15, -0.1) is 0 Å². The minimum Gasteiger partial charge on any atom is -0.385 e. The Hall–Kier alpha value is -2.77. The average molecular weight is 425 g/mol. The van der Waals surface area contributed by atoms with Crippen LogP contribution in [-0.4, -0.2) is 40.2 Å². The normalized spacial score (nSPS) is 10.9. The highest BCUT2D eigenvalue weighted by atomic mass is 32.1. The Morgan fingerprint density at radius 2 is 2.10 bits per heavy atom. The van der Waals surface area contributed by atoms with Gasteiger partial charge in [-0.3, -0.25) is 9.78 Å². The molecule has 0 radical (unpaired) electrons. The first-order valence-electron chi connectivity index (χ1n) is 10.0.